The predicted octanol–water partition coefficient (Wildman–Crippen LogP) is 2.94. The summed E-state index contributed by atoms with van der Waals surface area (Å²) in [6.07, 6.45) is 6.11. The fourth-order valence-electron chi connectivity index (χ4n) is 3.06. The minimum absolute atomic E-state index is 0.301. The molecule has 20 heavy (non-hydrogen) atoms. The van der Waals surface area contributed by atoms with Crippen LogP contribution in [0.5, 0.6) is 0 Å². The van der Waals surface area contributed by atoms with Gasteiger partial charge in [0.15, 0.2) is 0 Å². The van der Waals surface area contributed by atoms with Gasteiger partial charge in [0.05, 0.1) is 12.6 Å². The van der Waals surface area contributed by atoms with Gasteiger partial charge in [0.2, 0.25) is 0 Å². The van der Waals surface area contributed by atoms with Gasteiger partial charge in [-0.05, 0) is 31.9 Å². The Balaban J connectivity index is 1.97. The quantitative estimate of drug-likeness (QED) is 0.834. The molecule has 0 radical (unpaired) electrons. The van der Waals surface area contributed by atoms with E-state index in [1.54, 1.807) is 7.11 Å². The van der Waals surface area contributed by atoms with Gasteiger partial charge in [-0.3, -0.25) is 4.90 Å². The Labute approximate surface area is 121 Å². The van der Waals surface area contributed by atoms with Crippen molar-refractivity contribution in [3.8, 4) is 0 Å². The third-order valence-electron chi connectivity index (χ3n) is 3.95. The second kappa shape index (κ2) is 7.81. The minimum Gasteiger partial charge on any atom is -0.462 e. The van der Waals surface area contributed by atoms with E-state index in [0.717, 1.165) is 18.1 Å². The van der Waals surface area contributed by atoms with Crippen molar-refractivity contribution in [3.05, 3.63) is 23.7 Å². The fraction of sp³-hybridized carbons (Fsp3) is 0.750. The van der Waals surface area contributed by atoms with Gasteiger partial charge in [-0.15, -0.1) is 0 Å². The highest BCUT2D eigenvalue weighted by molar-refractivity contribution is 5.06. The van der Waals surface area contributed by atoms with E-state index in [9.17, 15) is 5.11 Å². The summed E-state index contributed by atoms with van der Waals surface area (Å²) < 4.78 is 10.9. The van der Waals surface area contributed by atoms with Crippen LogP contribution in [0.1, 0.15) is 50.5 Å². The molecule has 0 saturated heterocycles. The summed E-state index contributed by atoms with van der Waals surface area (Å²) in [7, 11) is 1.67. The average Bonchev–Trinajstić information content (AvgIpc) is 2.86. The zero-order valence-electron chi connectivity index (χ0n) is 12.7. The van der Waals surface area contributed by atoms with Crippen molar-refractivity contribution in [2.24, 2.45) is 0 Å². The average molecular weight is 281 g/mol. The summed E-state index contributed by atoms with van der Waals surface area (Å²) in [5.41, 5.74) is 0. The van der Waals surface area contributed by atoms with Crippen LogP contribution >= 0.6 is 0 Å². The molecule has 1 aliphatic carbocycles. The Hall–Kier alpha value is -0.840. The monoisotopic (exact) mass is 281 g/mol. The molecule has 1 unspecified atom stereocenters. The van der Waals surface area contributed by atoms with Crippen molar-refractivity contribution in [2.75, 3.05) is 13.7 Å². The summed E-state index contributed by atoms with van der Waals surface area (Å²) >= 11 is 0. The molecule has 1 aliphatic rings. The van der Waals surface area contributed by atoms with Crippen LogP contribution in [0.25, 0.3) is 0 Å². The number of ether oxygens (including phenoxy) is 1. The topological polar surface area (TPSA) is 45.8 Å². The largest absolute Gasteiger partial charge is 0.462 e. The van der Waals surface area contributed by atoms with Crippen molar-refractivity contribution >= 4 is 0 Å². The Morgan fingerprint density at radius 2 is 2.00 bits per heavy atom. The molecule has 0 aliphatic heterocycles. The lowest BCUT2D eigenvalue weighted by atomic mass is 9.94. The molecule has 0 amide bonds. The van der Waals surface area contributed by atoms with Gasteiger partial charge >= 0.3 is 0 Å². The standard InChI is InChI=1S/C16H27NO3/c1-13(18)10-17(14-6-4-3-5-7-14)11-15-8-9-16(20-15)12-19-2/h8-9,13-14,18H,3-7,10-12H2,1-2H3. The lowest BCUT2D eigenvalue weighted by Crippen LogP contribution is -2.40. The number of aliphatic hydroxyl groups excluding tert-OH is 1. The Morgan fingerprint density at radius 3 is 2.65 bits per heavy atom. The summed E-state index contributed by atoms with van der Waals surface area (Å²) in [6, 6.07) is 4.57. The van der Waals surface area contributed by atoms with Crippen LogP contribution in [0.2, 0.25) is 0 Å². The normalized spacial score (nSPS) is 18.6. The number of nitrogens with zero attached hydrogens (tertiary/aromatic N) is 1. The third kappa shape index (κ3) is 4.62. The Kier molecular flexibility index (Phi) is 6.07. The van der Waals surface area contributed by atoms with E-state index in [-0.39, 0.29) is 6.10 Å². The van der Waals surface area contributed by atoms with Crippen LogP contribution < -0.4 is 0 Å². The number of hydrogen-bond acceptors (Lipinski definition) is 4. The van der Waals surface area contributed by atoms with Crippen molar-refractivity contribution in [1.29, 1.82) is 0 Å². The van der Waals surface area contributed by atoms with Crippen LogP contribution in [-0.2, 0) is 17.9 Å². The first-order valence-corrected chi connectivity index (χ1v) is 7.67. The van der Waals surface area contributed by atoms with Crippen LogP contribution in [0.4, 0.5) is 0 Å². The van der Waals surface area contributed by atoms with Crippen molar-refractivity contribution in [3.63, 3.8) is 0 Å². The van der Waals surface area contributed by atoms with Gasteiger partial charge in [0, 0.05) is 19.7 Å². The first kappa shape index (κ1) is 15.5. The zero-order chi connectivity index (χ0) is 14.4. The molecule has 2 rings (SSSR count). The highest BCUT2D eigenvalue weighted by Gasteiger charge is 2.23. The molecule has 0 bridgehead atoms. The third-order valence-corrected chi connectivity index (χ3v) is 3.95. The zero-order valence-corrected chi connectivity index (χ0v) is 12.7. The first-order valence-electron chi connectivity index (χ1n) is 7.67. The van der Waals surface area contributed by atoms with Gasteiger partial charge < -0.3 is 14.3 Å². The first-order chi connectivity index (χ1) is 9.69. The molecule has 4 heteroatoms. The number of hydrogen-bond donors (Lipinski definition) is 1. The highest BCUT2D eigenvalue weighted by Crippen LogP contribution is 2.24. The molecule has 1 saturated carbocycles. The molecule has 114 valence electrons. The number of furan rings is 1. The maximum absolute atomic E-state index is 9.73. The van der Waals surface area contributed by atoms with Crippen LogP contribution in [0, 0.1) is 0 Å². The molecule has 0 aromatic carbocycles. The van der Waals surface area contributed by atoms with Crippen LogP contribution in [0.3, 0.4) is 0 Å². The second-order valence-corrected chi connectivity index (χ2v) is 5.87. The molecule has 0 spiro atoms. The maximum Gasteiger partial charge on any atom is 0.129 e. The number of methoxy groups -OCH3 is 1. The van der Waals surface area contributed by atoms with E-state index < -0.39 is 0 Å². The van der Waals surface area contributed by atoms with Gasteiger partial charge in [0.1, 0.15) is 18.1 Å². The van der Waals surface area contributed by atoms with E-state index in [1.807, 2.05) is 19.1 Å². The van der Waals surface area contributed by atoms with Crippen LogP contribution in [0.15, 0.2) is 16.5 Å². The summed E-state index contributed by atoms with van der Waals surface area (Å²) in [5.74, 6) is 1.83. The molecule has 1 heterocycles. The molecule has 1 atom stereocenters. The molecule has 4 nitrogen and oxygen atoms in total. The number of rotatable bonds is 7. The van der Waals surface area contributed by atoms with E-state index in [0.29, 0.717) is 19.2 Å². The van der Waals surface area contributed by atoms with Crippen molar-refractivity contribution < 1.29 is 14.3 Å². The lowest BCUT2D eigenvalue weighted by Gasteiger charge is -2.34. The lowest BCUT2D eigenvalue weighted by molar-refractivity contribution is 0.0706. The van der Waals surface area contributed by atoms with Crippen LogP contribution in [-0.4, -0.2) is 35.8 Å². The summed E-state index contributed by atoms with van der Waals surface area (Å²) in [4.78, 5) is 2.37. The molecular formula is C16H27NO3. The predicted molar refractivity (Wildman–Crippen MR) is 78.4 cm³/mol. The maximum atomic E-state index is 9.73. The second-order valence-electron chi connectivity index (χ2n) is 5.87. The summed E-state index contributed by atoms with van der Waals surface area (Å²) in [5, 5.41) is 9.73. The molecule has 1 aromatic rings. The highest BCUT2D eigenvalue weighted by atomic mass is 16.5. The Morgan fingerprint density at radius 1 is 1.30 bits per heavy atom. The number of aliphatic hydroxyl groups is 1. The Bertz CT molecular complexity index is 383. The van der Waals surface area contributed by atoms with Gasteiger partial charge in [-0.25, -0.2) is 0 Å². The van der Waals surface area contributed by atoms with E-state index in [1.165, 1.54) is 32.1 Å². The SMILES string of the molecule is COCc1ccc(CN(CC(C)O)C2CCCCC2)o1. The van der Waals surface area contributed by atoms with Crippen molar-refractivity contribution in [1.82, 2.24) is 4.90 Å². The van der Waals surface area contributed by atoms with Gasteiger partial charge in [-0.2, -0.15) is 0 Å². The minimum atomic E-state index is -0.301. The van der Waals surface area contributed by atoms with E-state index in [4.69, 9.17) is 9.15 Å². The summed E-state index contributed by atoms with van der Waals surface area (Å²) in [6.45, 7) is 3.86. The molecule has 1 aromatic heterocycles. The molecule has 1 N–H and O–H groups in total. The molecule has 1 fully saturated rings. The van der Waals surface area contributed by atoms with Gasteiger partial charge in [0.25, 0.3) is 0 Å². The fourth-order valence-corrected chi connectivity index (χ4v) is 3.06. The smallest absolute Gasteiger partial charge is 0.129 e. The van der Waals surface area contributed by atoms with E-state index >= 15 is 0 Å². The van der Waals surface area contributed by atoms with Gasteiger partial charge in [-0.1, -0.05) is 19.3 Å². The molecular weight excluding hydrogens is 254 g/mol. The van der Waals surface area contributed by atoms with E-state index in [2.05, 4.69) is 4.90 Å². The van der Waals surface area contributed by atoms with Crippen molar-refractivity contribution in [2.45, 2.75) is 64.3 Å².